The zero-order valence-electron chi connectivity index (χ0n) is 22.9. The maximum atomic E-state index is 13.0. The van der Waals surface area contributed by atoms with E-state index >= 15 is 0 Å². The predicted octanol–water partition coefficient (Wildman–Crippen LogP) is 3.24. The zero-order valence-corrected chi connectivity index (χ0v) is 22.9. The number of pyridine rings is 1. The molecule has 5 heterocycles. The maximum absolute atomic E-state index is 13.0. The smallest absolute Gasteiger partial charge is 0.415 e. The van der Waals surface area contributed by atoms with Crippen molar-refractivity contribution in [1.82, 2.24) is 29.0 Å². The number of hydrogen-bond acceptors (Lipinski definition) is 9. The summed E-state index contributed by atoms with van der Waals surface area (Å²) in [6.07, 6.45) is 4.60. The third-order valence-electron chi connectivity index (χ3n) is 6.54. The summed E-state index contributed by atoms with van der Waals surface area (Å²) in [7, 11) is 2.90. The van der Waals surface area contributed by atoms with Crippen molar-refractivity contribution in [2.24, 2.45) is 0 Å². The minimum atomic E-state index is -0.693. The first-order chi connectivity index (χ1) is 18.7. The van der Waals surface area contributed by atoms with Gasteiger partial charge in [0.2, 0.25) is 0 Å². The van der Waals surface area contributed by atoms with E-state index in [0.717, 1.165) is 56.0 Å². The normalized spacial score (nSPS) is 14.6. The predicted molar refractivity (Wildman–Crippen MR) is 145 cm³/mol. The second kappa shape index (κ2) is 10.6. The Morgan fingerprint density at radius 3 is 2.64 bits per heavy atom. The van der Waals surface area contributed by atoms with Gasteiger partial charge in [-0.05, 0) is 32.9 Å². The van der Waals surface area contributed by atoms with Crippen molar-refractivity contribution in [1.29, 1.82) is 0 Å². The lowest BCUT2D eigenvalue weighted by Gasteiger charge is -2.26. The lowest BCUT2D eigenvalue weighted by molar-refractivity contribution is 0.0365. The molecule has 1 aliphatic heterocycles. The van der Waals surface area contributed by atoms with Gasteiger partial charge in [0.05, 0.1) is 32.2 Å². The Morgan fingerprint density at radius 2 is 1.92 bits per heavy atom. The standard InChI is InChI=1S/C27H33N7O5/c1-27(2,3)39-26(36)31(4)22-15-21(30-24-19(25(35)37-5)16-29-34(22)24)20-17-33(23-18(20)7-6-8-28-23)10-9-32-11-13-38-14-12-32/h6-8,15-17H,9-14H2,1-5H3. The topological polar surface area (TPSA) is 116 Å². The van der Waals surface area contributed by atoms with Gasteiger partial charge in [-0.15, -0.1) is 0 Å². The molecule has 12 nitrogen and oxygen atoms in total. The van der Waals surface area contributed by atoms with Gasteiger partial charge in [-0.1, -0.05) is 0 Å². The number of anilines is 1. The summed E-state index contributed by atoms with van der Waals surface area (Å²) in [6, 6.07) is 5.63. The van der Waals surface area contributed by atoms with Crippen molar-refractivity contribution in [3.8, 4) is 11.3 Å². The van der Waals surface area contributed by atoms with E-state index in [1.165, 1.54) is 22.7 Å². The number of amides is 1. The first kappa shape index (κ1) is 26.6. The van der Waals surface area contributed by atoms with Crippen molar-refractivity contribution >= 4 is 34.6 Å². The van der Waals surface area contributed by atoms with Crippen molar-refractivity contribution in [3.05, 3.63) is 42.4 Å². The Bertz CT molecular complexity index is 1510. The Morgan fingerprint density at radius 1 is 1.15 bits per heavy atom. The molecule has 4 aromatic rings. The Hall–Kier alpha value is -4.03. The van der Waals surface area contributed by atoms with E-state index in [9.17, 15) is 9.59 Å². The molecule has 12 heteroatoms. The molecule has 0 bridgehead atoms. The monoisotopic (exact) mass is 535 g/mol. The molecule has 1 amide bonds. The first-order valence-electron chi connectivity index (χ1n) is 12.8. The molecule has 1 fully saturated rings. The maximum Gasteiger partial charge on any atom is 0.415 e. The quantitative estimate of drug-likeness (QED) is 0.343. The third-order valence-corrected chi connectivity index (χ3v) is 6.54. The Balaban J connectivity index is 1.62. The van der Waals surface area contributed by atoms with Crippen LogP contribution in [-0.2, 0) is 20.8 Å². The number of ether oxygens (including phenoxy) is 3. The number of esters is 1. The highest BCUT2D eigenvalue weighted by atomic mass is 16.6. The molecule has 206 valence electrons. The van der Waals surface area contributed by atoms with Gasteiger partial charge in [-0.3, -0.25) is 9.80 Å². The fraction of sp³-hybridized carbons (Fsp3) is 0.444. The molecular formula is C27H33N7O5. The van der Waals surface area contributed by atoms with E-state index in [4.69, 9.17) is 19.2 Å². The van der Waals surface area contributed by atoms with Gasteiger partial charge in [0.15, 0.2) is 5.65 Å². The minimum absolute atomic E-state index is 0.187. The molecule has 0 aliphatic carbocycles. The molecule has 0 radical (unpaired) electrons. The summed E-state index contributed by atoms with van der Waals surface area (Å²) in [5.74, 6) is -0.187. The number of nitrogens with zero attached hydrogens (tertiary/aromatic N) is 7. The van der Waals surface area contributed by atoms with Crippen LogP contribution in [0.1, 0.15) is 31.1 Å². The largest absolute Gasteiger partial charge is 0.465 e. The van der Waals surface area contributed by atoms with Gasteiger partial charge in [-0.25, -0.2) is 19.6 Å². The fourth-order valence-electron chi connectivity index (χ4n) is 4.57. The molecule has 0 atom stereocenters. The lowest BCUT2D eigenvalue weighted by Crippen LogP contribution is -2.38. The minimum Gasteiger partial charge on any atom is -0.465 e. The van der Waals surface area contributed by atoms with Crippen LogP contribution in [-0.4, -0.2) is 93.7 Å². The summed E-state index contributed by atoms with van der Waals surface area (Å²) in [5, 5.41) is 5.25. The Labute approximate surface area is 226 Å². The molecule has 1 saturated heterocycles. The number of hydrogen-bond donors (Lipinski definition) is 0. The number of aromatic nitrogens is 5. The van der Waals surface area contributed by atoms with Gasteiger partial charge in [0.1, 0.15) is 22.6 Å². The molecule has 0 unspecified atom stereocenters. The van der Waals surface area contributed by atoms with Crippen molar-refractivity contribution in [2.75, 3.05) is 51.9 Å². The summed E-state index contributed by atoms with van der Waals surface area (Å²) < 4.78 is 19.6. The molecule has 39 heavy (non-hydrogen) atoms. The second-order valence-corrected chi connectivity index (χ2v) is 10.4. The van der Waals surface area contributed by atoms with Gasteiger partial charge in [0, 0.05) is 62.6 Å². The van der Waals surface area contributed by atoms with Crippen LogP contribution >= 0.6 is 0 Å². The number of carbonyl (C=O) groups excluding carboxylic acids is 2. The average Bonchev–Trinajstić information content (AvgIpc) is 3.52. The average molecular weight is 536 g/mol. The third kappa shape index (κ3) is 5.43. The van der Waals surface area contributed by atoms with Crippen molar-refractivity contribution < 1.29 is 23.8 Å². The SMILES string of the molecule is COC(=O)c1cnn2c(N(C)C(=O)OC(C)(C)C)cc(-c3cn(CCN4CCOCC4)c4ncccc34)nc12. The van der Waals surface area contributed by atoms with Crippen LogP contribution < -0.4 is 4.90 Å². The lowest BCUT2D eigenvalue weighted by atomic mass is 10.1. The molecule has 0 N–H and O–H groups in total. The number of methoxy groups -OCH3 is 1. The summed E-state index contributed by atoms with van der Waals surface area (Å²) in [4.78, 5) is 38.7. The molecule has 0 aromatic carbocycles. The van der Waals surface area contributed by atoms with Crippen LogP contribution in [0.3, 0.4) is 0 Å². The van der Waals surface area contributed by atoms with E-state index < -0.39 is 17.7 Å². The van der Waals surface area contributed by atoms with Crippen LogP contribution in [0.2, 0.25) is 0 Å². The molecule has 4 aromatic heterocycles. The van der Waals surface area contributed by atoms with Crippen LogP contribution in [0, 0.1) is 0 Å². The summed E-state index contributed by atoms with van der Waals surface area (Å²) in [5.41, 5.74) is 1.96. The summed E-state index contributed by atoms with van der Waals surface area (Å²) >= 11 is 0. The van der Waals surface area contributed by atoms with E-state index in [1.807, 2.05) is 18.3 Å². The number of rotatable bonds is 6. The van der Waals surface area contributed by atoms with E-state index in [-0.39, 0.29) is 11.2 Å². The van der Waals surface area contributed by atoms with Gasteiger partial charge in [0.25, 0.3) is 0 Å². The highest BCUT2D eigenvalue weighted by molar-refractivity contribution is 5.98. The van der Waals surface area contributed by atoms with Crippen molar-refractivity contribution in [3.63, 3.8) is 0 Å². The number of fused-ring (bicyclic) bond motifs is 2. The highest BCUT2D eigenvalue weighted by Gasteiger charge is 2.26. The van der Waals surface area contributed by atoms with Crippen LogP contribution in [0.4, 0.5) is 10.6 Å². The van der Waals surface area contributed by atoms with E-state index in [0.29, 0.717) is 11.5 Å². The molecule has 0 spiro atoms. The van der Waals surface area contributed by atoms with Crippen molar-refractivity contribution in [2.45, 2.75) is 32.9 Å². The first-order valence-corrected chi connectivity index (χ1v) is 12.8. The van der Waals surface area contributed by atoms with E-state index in [2.05, 4.69) is 19.5 Å². The van der Waals surface area contributed by atoms with Gasteiger partial charge < -0.3 is 18.8 Å². The second-order valence-electron chi connectivity index (χ2n) is 10.4. The number of carbonyl (C=O) groups is 2. The Kier molecular flexibility index (Phi) is 7.23. The van der Waals surface area contributed by atoms with Crippen LogP contribution in [0.25, 0.3) is 27.9 Å². The van der Waals surface area contributed by atoms with Gasteiger partial charge in [-0.2, -0.15) is 9.61 Å². The molecule has 0 saturated carbocycles. The molecule has 5 rings (SSSR count). The van der Waals surface area contributed by atoms with Gasteiger partial charge >= 0.3 is 12.1 Å². The summed E-state index contributed by atoms with van der Waals surface area (Å²) in [6.45, 7) is 10.3. The molecule has 1 aliphatic rings. The fourth-order valence-corrected chi connectivity index (χ4v) is 4.57. The van der Waals surface area contributed by atoms with E-state index in [1.54, 1.807) is 40.1 Å². The number of morpholine rings is 1. The van der Waals surface area contributed by atoms with Crippen LogP contribution in [0.5, 0.6) is 0 Å². The highest BCUT2D eigenvalue weighted by Crippen LogP contribution is 2.32. The van der Waals surface area contributed by atoms with Crippen LogP contribution in [0.15, 0.2) is 36.8 Å². The zero-order chi connectivity index (χ0) is 27.7. The molecular weight excluding hydrogens is 502 g/mol.